The molecule has 0 saturated carbocycles. The van der Waals surface area contributed by atoms with Gasteiger partial charge in [0.2, 0.25) is 0 Å². The Bertz CT molecular complexity index is 1200. The molecule has 0 amide bonds. The second-order valence-electron chi connectivity index (χ2n) is 6.22. The lowest BCUT2D eigenvalue weighted by molar-refractivity contribution is 0.0688. The highest BCUT2D eigenvalue weighted by atomic mass is 16.5. The third kappa shape index (κ3) is 4.06. The molecule has 3 aromatic rings. The van der Waals surface area contributed by atoms with E-state index in [1.54, 1.807) is 54.6 Å². The summed E-state index contributed by atoms with van der Waals surface area (Å²) in [6.07, 6.45) is 3.01. The van der Waals surface area contributed by atoms with Crippen LogP contribution in [0.4, 0.5) is 0 Å². The molecule has 3 rings (SSSR count). The summed E-state index contributed by atoms with van der Waals surface area (Å²) >= 11 is 0. The quantitative estimate of drug-likeness (QED) is 0.720. The van der Waals surface area contributed by atoms with Crippen LogP contribution in [0.3, 0.4) is 0 Å². The van der Waals surface area contributed by atoms with E-state index in [0.29, 0.717) is 17.0 Å². The molecular formula is C22H17N3O4. The van der Waals surface area contributed by atoms with Crippen molar-refractivity contribution in [3.05, 3.63) is 86.8 Å². The molecular weight excluding hydrogens is 370 g/mol. The van der Waals surface area contributed by atoms with Crippen molar-refractivity contribution in [2.24, 2.45) is 0 Å². The van der Waals surface area contributed by atoms with Gasteiger partial charge in [-0.25, -0.2) is 4.79 Å². The first-order valence-corrected chi connectivity index (χ1v) is 8.64. The highest BCUT2D eigenvalue weighted by Gasteiger charge is 2.21. The van der Waals surface area contributed by atoms with Crippen LogP contribution in [0.2, 0.25) is 0 Å². The van der Waals surface area contributed by atoms with Crippen molar-refractivity contribution in [3.63, 3.8) is 0 Å². The van der Waals surface area contributed by atoms with Crippen LogP contribution in [-0.2, 0) is 0 Å². The van der Waals surface area contributed by atoms with Gasteiger partial charge in [0.1, 0.15) is 17.4 Å². The van der Waals surface area contributed by atoms with Crippen molar-refractivity contribution in [3.8, 4) is 17.5 Å². The van der Waals surface area contributed by atoms with Crippen molar-refractivity contribution >= 4 is 18.1 Å². The van der Waals surface area contributed by atoms with E-state index >= 15 is 0 Å². The largest absolute Gasteiger partial charge is 0.497 e. The number of hydrogen-bond donors (Lipinski definition) is 1. The standard InChI is InChI=1S/C22H17N3O4/c1-14-6-9-16(10-7-14)25-21(26)19(13-23)18(20(24-25)22(27)28)11-8-15-4-3-5-17(12-15)29-2/h3-12H,1-2H3,(H,27,28)/b11-8-. The van der Waals surface area contributed by atoms with E-state index in [4.69, 9.17) is 4.74 Å². The van der Waals surface area contributed by atoms with E-state index in [2.05, 4.69) is 5.10 Å². The average Bonchev–Trinajstić information content (AvgIpc) is 2.73. The van der Waals surface area contributed by atoms with E-state index in [1.807, 2.05) is 13.0 Å². The molecule has 0 aliphatic rings. The summed E-state index contributed by atoms with van der Waals surface area (Å²) in [6.45, 7) is 1.88. The summed E-state index contributed by atoms with van der Waals surface area (Å²) < 4.78 is 6.09. The molecule has 1 N–H and O–H groups in total. The molecule has 0 aliphatic heterocycles. The number of benzene rings is 2. The Labute approximate surface area is 166 Å². The zero-order valence-corrected chi connectivity index (χ0v) is 15.8. The predicted octanol–water partition coefficient (Wildman–Crippen LogP) is 3.29. The van der Waals surface area contributed by atoms with Gasteiger partial charge in [0.25, 0.3) is 5.56 Å². The van der Waals surface area contributed by atoms with Crippen LogP contribution in [0.5, 0.6) is 5.75 Å². The minimum absolute atomic E-state index is 0.0452. The maximum atomic E-state index is 12.8. The van der Waals surface area contributed by atoms with Crippen molar-refractivity contribution in [1.82, 2.24) is 9.78 Å². The lowest BCUT2D eigenvalue weighted by Gasteiger charge is -2.10. The van der Waals surface area contributed by atoms with Crippen LogP contribution >= 0.6 is 0 Å². The van der Waals surface area contributed by atoms with Gasteiger partial charge in [0.15, 0.2) is 5.69 Å². The van der Waals surface area contributed by atoms with Crippen LogP contribution < -0.4 is 10.3 Å². The lowest BCUT2D eigenvalue weighted by atomic mass is 10.1. The van der Waals surface area contributed by atoms with Crippen molar-refractivity contribution in [2.45, 2.75) is 6.92 Å². The number of carboxylic acid groups (broad SMARTS) is 1. The molecule has 0 spiro atoms. The number of aromatic nitrogens is 2. The van der Waals surface area contributed by atoms with E-state index in [9.17, 15) is 20.0 Å². The van der Waals surface area contributed by atoms with Crippen LogP contribution in [0.1, 0.15) is 32.7 Å². The van der Waals surface area contributed by atoms with Crippen LogP contribution in [0.15, 0.2) is 53.3 Å². The fraction of sp³-hybridized carbons (Fsp3) is 0.0909. The summed E-state index contributed by atoms with van der Waals surface area (Å²) in [5.74, 6) is -0.716. The van der Waals surface area contributed by atoms with E-state index in [0.717, 1.165) is 10.2 Å². The number of methoxy groups -OCH3 is 1. The third-order valence-corrected chi connectivity index (χ3v) is 4.26. The molecule has 7 heteroatoms. The van der Waals surface area contributed by atoms with E-state index in [1.165, 1.54) is 13.2 Å². The first-order valence-electron chi connectivity index (χ1n) is 8.64. The number of rotatable bonds is 5. The van der Waals surface area contributed by atoms with Gasteiger partial charge in [0.05, 0.1) is 12.8 Å². The minimum atomic E-state index is -1.34. The topological polar surface area (TPSA) is 105 Å². The average molecular weight is 387 g/mol. The Morgan fingerprint density at radius 1 is 1.21 bits per heavy atom. The first-order chi connectivity index (χ1) is 13.9. The van der Waals surface area contributed by atoms with Crippen molar-refractivity contribution in [1.29, 1.82) is 5.26 Å². The van der Waals surface area contributed by atoms with E-state index < -0.39 is 11.5 Å². The Morgan fingerprint density at radius 2 is 1.93 bits per heavy atom. The summed E-state index contributed by atoms with van der Waals surface area (Å²) in [6, 6.07) is 15.7. The number of nitriles is 1. The van der Waals surface area contributed by atoms with Crippen LogP contribution in [0, 0.1) is 18.3 Å². The molecule has 0 aliphatic carbocycles. The molecule has 0 fully saturated rings. The summed E-state index contributed by atoms with van der Waals surface area (Å²) in [4.78, 5) is 24.6. The molecule has 0 bridgehead atoms. The first kappa shape index (κ1) is 19.6. The van der Waals surface area contributed by atoms with Gasteiger partial charge in [-0.05, 0) is 36.8 Å². The zero-order valence-electron chi connectivity index (χ0n) is 15.8. The maximum Gasteiger partial charge on any atom is 0.357 e. The van der Waals surface area contributed by atoms with Crippen molar-refractivity contribution < 1.29 is 14.6 Å². The van der Waals surface area contributed by atoms with Gasteiger partial charge in [-0.15, -0.1) is 0 Å². The molecule has 1 heterocycles. The number of aryl methyl sites for hydroxylation is 1. The number of carboxylic acids is 1. The van der Waals surface area contributed by atoms with Crippen molar-refractivity contribution in [2.75, 3.05) is 7.11 Å². The van der Waals surface area contributed by atoms with Gasteiger partial charge < -0.3 is 9.84 Å². The van der Waals surface area contributed by atoms with Gasteiger partial charge in [-0.3, -0.25) is 4.79 Å². The zero-order chi connectivity index (χ0) is 21.0. The smallest absolute Gasteiger partial charge is 0.357 e. The van der Waals surface area contributed by atoms with Gasteiger partial charge in [-0.2, -0.15) is 15.0 Å². The normalized spacial score (nSPS) is 10.7. The predicted molar refractivity (Wildman–Crippen MR) is 108 cm³/mol. The Hall–Kier alpha value is -4.18. The fourth-order valence-corrected chi connectivity index (χ4v) is 2.75. The number of ether oxygens (including phenoxy) is 1. The molecule has 0 radical (unpaired) electrons. The maximum absolute atomic E-state index is 12.8. The highest BCUT2D eigenvalue weighted by Crippen LogP contribution is 2.18. The molecule has 2 aromatic carbocycles. The Balaban J connectivity index is 2.19. The Kier molecular flexibility index (Phi) is 5.56. The number of aromatic carboxylic acids is 1. The van der Waals surface area contributed by atoms with Crippen LogP contribution in [0.25, 0.3) is 17.8 Å². The van der Waals surface area contributed by atoms with Crippen LogP contribution in [-0.4, -0.2) is 28.0 Å². The highest BCUT2D eigenvalue weighted by molar-refractivity contribution is 5.92. The lowest BCUT2D eigenvalue weighted by Crippen LogP contribution is -2.28. The van der Waals surface area contributed by atoms with E-state index in [-0.39, 0.29) is 16.8 Å². The summed E-state index contributed by atoms with van der Waals surface area (Å²) in [5.41, 5.74) is 0.648. The summed E-state index contributed by atoms with van der Waals surface area (Å²) in [5, 5.41) is 23.2. The van der Waals surface area contributed by atoms with Gasteiger partial charge in [-0.1, -0.05) is 42.0 Å². The SMILES string of the molecule is COc1cccc(/C=C\c2c(C(=O)O)nn(-c3ccc(C)cc3)c(=O)c2C#N)c1. The molecule has 0 saturated heterocycles. The third-order valence-electron chi connectivity index (χ3n) is 4.26. The molecule has 0 unspecified atom stereocenters. The van der Waals surface area contributed by atoms with Gasteiger partial charge in [0, 0.05) is 5.56 Å². The number of nitrogens with zero attached hydrogens (tertiary/aromatic N) is 3. The second-order valence-corrected chi connectivity index (χ2v) is 6.22. The number of hydrogen-bond acceptors (Lipinski definition) is 5. The molecule has 7 nitrogen and oxygen atoms in total. The molecule has 1 aromatic heterocycles. The fourth-order valence-electron chi connectivity index (χ4n) is 2.75. The summed E-state index contributed by atoms with van der Waals surface area (Å²) in [7, 11) is 1.54. The Morgan fingerprint density at radius 3 is 2.55 bits per heavy atom. The molecule has 29 heavy (non-hydrogen) atoms. The molecule has 144 valence electrons. The number of carbonyl (C=O) groups is 1. The van der Waals surface area contributed by atoms with Gasteiger partial charge >= 0.3 is 5.97 Å². The monoisotopic (exact) mass is 387 g/mol. The second kappa shape index (κ2) is 8.23. The minimum Gasteiger partial charge on any atom is -0.497 e. The molecule has 0 atom stereocenters.